The first-order valence-corrected chi connectivity index (χ1v) is 9.67. The van der Waals surface area contributed by atoms with E-state index in [1.54, 1.807) is 0 Å². The average Bonchev–Trinajstić information content (AvgIpc) is 3.02. The molecule has 1 amide bonds. The predicted octanol–water partition coefficient (Wildman–Crippen LogP) is 3.49. The van der Waals surface area contributed by atoms with Gasteiger partial charge in [-0.1, -0.05) is 19.9 Å². The highest BCUT2D eigenvalue weighted by Crippen LogP contribution is 2.37. The van der Waals surface area contributed by atoms with Gasteiger partial charge in [0, 0.05) is 19.6 Å². The molecule has 0 aliphatic carbocycles. The number of nitrogens with zero attached hydrogens (tertiary/aromatic N) is 1. The van der Waals surface area contributed by atoms with Gasteiger partial charge in [0.15, 0.2) is 6.10 Å². The van der Waals surface area contributed by atoms with Crippen LogP contribution in [0.25, 0.3) is 0 Å². The van der Waals surface area contributed by atoms with Gasteiger partial charge in [-0.3, -0.25) is 4.79 Å². The number of carbonyl (C=O) groups is 1. The number of likely N-dealkylation sites (tertiary alicyclic amines) is 1. The van der Waals surface area contributed by atoms with Crippen molar-refractivity contribution in [2.45, 2.75) is 59.0 Å². The summed E-state index contributed by atoms with van der Waals surface area (Å²) in [5.74, 6) is 1.40. The molecule has 1 aromatic rings. The molecule has 0 saturated carbocycles. The van der Waals surface area contributed by atoms with Gasteiger partial charge in [0.05, 0.1) is 0 Å². The number of hydrogen-bond donors (Lipinski definition) is 1. The minimum absolute atomic E-state index is 0.117. The summed E-state index contributed by atoms with van der Waals surface area (Å²) in [4.78, 5) is 14.7. The van der Waals surface area contributed by atoms with Crippen LogP contribution in [0.3, 0.4) is 0 Å². The Morgan fingerprint density at radius 2 is 1.92 bits per heavy atom. The molecule has 1 unspecified atom stereocenters. The third kappa shape index (κ3) is 4.00. The molecule has 2 heterocycles. The number of hydrogen-bond acceptors (Lipinski definition) is 3. The molecule has 2 aliphatic rings. The highest BCUT2D eigenvalue weighted by molar-refractivity contribution is 5.81. The number of rotatable bonds is 4. The largest absolute Gasteiger partial charge is 0.481 e. The zero-order chi connectivity index (χ0) is 18.0. The molecule has 1 spiro atoms. The summed E-state index contributed by atoms with van der Waals surface area (Å²) in [5.41, 5.74) is 2.99. The van der Waals surface area contributed by atoms with Crippen LogP contribution in [0.15, 0.2) is 18.2 Å². The highest BCUT2D eigenvalue weighted by atomic mass is 16.5. The lowest BCUT2D eigenvalue weighted by Crippen LogP contribution is -2.48. The van der Waals surface area contributed by atoms with Crippen molar-refractivity contribution in [2.24, 2.45) is 5.41 Å². The van der Waals surface area contributed by atoms with Crippen LogP contribution in [0.2, 0.25) is 0 Å². The molecule has 25 heavy (non-hydrogen) atoms. The van der Waals surface area contributed by atoms with Crippen molar-refractivity contribution in [3.8, 4) is 5.75 Å². The second-order valence-corrected chi connectivity index (χ2v) is 8.19. The van der Waals surface area contributed by atoms with E-state index in [-0.39, 0.29) is 5.91 Å². The van der Waals surface area contributed by atoms with E-state index in [1.165, 1.54) is 17.5 Å². The van der Waals surface area contributed by atoms with Crippen LogP contribution in [-0.4, -0.2) is 43.1 Å². The molecule has 4 nitrogen and oxygen atoms in total. The molecule has 138 valence electrons. The second-order valence-electron chi connectivity index (χ2n) is 8.19. The first-order valence-electron chi connectivity index (χ1n) is 9.67. The van der Waals surface area contributed by atoms with Gasteiger partial charge < -0.3 is 15.0 Å². The number of ether oxygens (including phenoxy) is 1. The lowest BCUT2D eigenvalue weighted by Gasteiger charge is -2.39. The van der Waals surface area contributed by atoms with Crippen molar-refractivity contribution in [3.63, 3.8) is 0 Å². The fourth-order valence-corrected chi connectivity index (χ4v) is 4.30. The molecular formula is C21H32N2O2. The second kappa shape index (κ2) is 7.36. The zero-order valence-electron chi connectivity index (χ0n) is 16.1. The summed E-state index contributed by atoms with van der Waals surface area (Å²) >= 11 is 0. The quantitative estimate of drug-likeness (QED) is 0.909. The molecule has 2 saturated heterocycles. The van der Waals surface area contributed by atoms with E-state index in [4.69, 9.17) is 4.74 Å². The third-order valence-electron chi connectivity index (χ3n) is 5.99. The Labute approximate surface area is 151 Å². The molecule has 4 heteroatoms. The Morgan fingerprint density at radius 3 is 2.48 bits per heavy atom. The molecule has 0 radical (unpaired) electrons. The Kier molecular flexibility index (Phi) is 5.38. The standard InChI is InChI=1S/C21H32N2O2/c1-15(2)19-6-5-18(13-16(19)3)25-17(4)20(24)23-11-8-21(9-12-23)7-10-22-14-21/h5-6,13,15,17,22H,7-12,14H2,1-4H3. The minimum Gasteiger partial charge on any atom is -0.481 e. The zero-order valence-corrected chi connectivity index (χ0v) is 16.1. The number of amides is 1. The van der Waals surface area contributed by atoms with Gasteiger partial charge in [0.1, 0.15) is 5.75 Å². The van der Waals surface area contributed by atoms with Crippen LogP contribution in [0.1, 0.15) is 57.1 Å². The van der Waals surface area contributed by atoms with Gasteiger partial charge >= 0.3 is 0 Å². The molecule has 1 N–H and O–H groups in total. The fourth-order valence-electron chi connectivity index (χ4n) is 4.30. The van der Waals surface area contributed by atoms with E-state index in [0.29, 0.717) is 11.3 Å². The Balaban J connectivity index is 1.57. The van der Waals surface area contributed by atoms with Crippen LogP contribution in [0.4, 0.5) is 0 Å². The monoisotopic (exact) mass is 344 g/mol. The van der Waals surface area contributed by atoms with Crippen molar-refractivity contribution in [2.75, 3.05) is 26.2 Å². The van der Waals surface area contributed by atoms with Gasteiger partial charge in [-0.05, 0) is 74.2 Å². The number of aryl methyl sites for hydroxylation is 1. The van der Waals surface area contributed by atoms with Crippen LogP contribution in [0.5, 0.6) is 5.75 Å². The maximum Gasteiger partial charge on any atom is 0.263 e. The van der Waals surface area contributed by atoms with Crippen molar-refractivity contribution >= 4 is 5.91 Å². The summed E-state index contributed by atoms with van der Waals surface area (Å²) in [6.07, 6.45) is 3.05. The van der Waals surface area contributed by atoms with Crippen molar-refractivity contribution in [3.05, 3.63) is 29.3 Å². The summed E-state index contributed by atoms with van der Waals surface area (Å²) in [5, 5.41) is 3.47. The smallest absolute Gasteiger partial charge is 0.263 e. The normalized spacial score (nSPS) is 20.9. The lowest BCUT2D eigenvalue weighted by atomic mass is 9.78. The average molecular weight is 344 g/mol. The minimum atomic E-state index is -0.431. The summed E-state index contributed by atoms with van der Waals surface area (Å²) in [7, 11) is 0. The molecule has 0 bridgehead atoms. The molecule has 1 atom stereocenters. The Morgan fingerprint density at radius 1 is 1.20 bits per heavy atom. The van der Waals surface area contributed by atoms with Crippen molar-refractivity contribution in [1.82, 2.24) is 10.2 Å². The third-order valence-corrected chi connectivity index (χ3v) is 5.99. The van der Waals surface area contributed by atoms with Crippen LogP contribution >= 0.6 is 0 Å². The first-order chi connectivity index (χ1) is 11.9. The molecule has 2 fully saturated rings. The Bertz CT molecular complexity index is 610. The van der Waals surface area contributed by atoms with E-state index in [9.17, 15) is 4.79 Å². The fraction of sp³-hybridized carbons (Fsp3) is 0.667. The van der Waals surface area contributed by atoms with Gasteiger partial charge in [-0.2, -0.15) is 0 Å². The first kappa shape index (κ1) is 18.2. The summed E-state index contributed by atoms with van der Waals surface area (Å²) < 4.78 is 5.96. The summed E-state index contributed by atoms with van der Waals surface area (Å²) in [6, 6.07) is 6.15. The van der Waals surface area contributed by atoms with E-state index < -0.39 is 6.10 Å². The number of carbonyl (C=O) groups excluding carboxylic acids is 1. The topological polar surface area (TPSA) is 41.6 Å². The maximum atomic E-state index is 12.8. The number of nitrogens with one attached hydrogen (secondary N) is 1. The van der Waals surface area contributed by atoms with E-state index >= 15 is 0 Å². The molecule has 2 aliphatic heterocycles. The van der Waals surface area contributed by atoms with Gasteiger partial charge in [-0.15, -0.1) is 0 Å². The van der Waals surface area contributed by atoms with Gasteiger partial charge in [-0.25, -0.2) is 0 Å². The lowest BCUT2D eigenvalue weighted by molar-refractivity contribution is -0.140. The number of piperidine rings is 1. The predicted molar refractivity (Wildman–Crippen MR) is 101 cm³/mol. The molecule has 0 aromatic heterocycles. The summed E-state index contributed by atoms with van der Waals surface area (Å²) in [6.45, 7) is 12.3. The molecule has 3 rings (SSSR count). The van der Waals surface area contributed by atoms with Crippen molar-refractivity contribution in [1.29, 1.82) is 0 Å². The van der Waals surface area contributed by atoms with E-state index in [2.05, 4.69) is 38.2 Å². The SMILES string of the molecule is Cc1cc(OC(C)C(=O)N2CCC3(CCNC3)CC2)ccc1C(C)C. The Hall–Kier alpha value is -1.55. The highest BCUT2D eigenvalue weighted by Gasteiger charge is 2.38. The van der Waals surface area contributed by atoms with E-state index in [1.807, 2.05) is 17.9 Å². The van der Waals surface area contributed by atoms with Gasteiger partial charge in [0.2, 0.25) is 0 Å². The van der Waals surface area contributed by atoms with Crippen LogP contribution in [0, 0.1) is 12.3 Å². The van der Waals surface area contributed by atoms with Crippen molar-refractivity contribution < 1.29 is 9.53 Å². The molecular weight excluding hydrogens is 312 g/mol. The van der Waals surface area contributed by atoms with Crippen LogP contribution in [-0.2, 0) is 4.79 Å². The van der Waals surface area contributed by atoms with Crippen LogP contribution < -0.4 is 10.1 Å². The van der Waals surface area contributed by atoms with E-state index in [0.717, 1.165) is 44.8 Å². The maximum absolute atomic E-state index is 12.8. The number of benzene rings is 1. The van der Waals surface area contributed by atoms with Gasteiger partial charge in [0.25, 0.3) is 5.91 Å². The molecule has 1 aromatic carbocycles.